The number of aromatic amines is 1. The molecule has 8 heteroatoms. The summed E-state index contributed by atoms with van der Waals surface area (Å²) in [4.78, 5) is 30.9. The minimum absolute atomic E-state index is 0.0935. The topological polar surface area (TPSA) is 76.6 Å². The number of carbonyl (C=O) groups excluding carboxylic acids is 1. The second-order valence-corrected chi connectivity index (χ2v) is 8.19. The zero-order chi connectivity index (χ0) is 23.5. The molecule has 4 rings (SSSR count). The molecule has 1 amide bonds. The summed E-state index contributed by atoms with van der Waals surface area (Å²) in [5.41, 5.74) is 3.07. The molecule has 1 aliphatic rings. The molecule has 1 aliphatic heterocycles. The molecule has 3 aromatic rings. The van der Waals surface area contributed by atoms with Crippen molar-refractivity contribution in [1.29, 1.82) is 0 Å². The van der Waals surface area contributed by atoms with Gasteiger partial charge in [-0.25, -0.2) is 0 Å². The number of fused-ring (bicyclic) bond motifs is 2. The van der Waals surface area contributed by atoms with Crippen LogP contribution < -0.4 is 15.0 Å². The van der Waals surface area contributed by atoms with Crippen molar-refractivity contribution in [3.63, 3.8) is 0 Å². The van der Waals surface area contributed by atoms with E-state index in [2.05, 4.69) is 11.6 Å². The molecule has 172 valence electrons. The molecule has 0 atom stereocenters. The molecular weight excluding hydrogens is 438 g/mol. The summed E-state index contributed by atoms with van der Waals surface area (Å²) < 4.78 is 13.2. The van der Waals surface area contributed by atoms with Crippen molar-refractivity contribution in [2.75, 3.05) is 19.8 Å². The Morgan fingerprint density at radius 3 is 2.52 bits per heavy atom. The van der Waals surface area contributed by atoms with Crippen LogP contribution in [-0.2, 0) is 19.5 Å². The lowest BCUT2D eigenvalue weighted by Gasteiger charge is -2.30. The molecule has 7 nitrogen and oxygen atoms in total. The lowest BCUT2D eigenvalue weighted by molar-refractivity contribution is 0.0734. The fourth-order valence-electron chi connectivity index (χ4n) is 4.14. The molecule has 0 radical (unpaired) electrons. The van der Waals surface area contributed by atoms with Gasteiger partial charge >= 0.3 is 0 Å². The van der Waals surface area contributed by atoms with E-state index in [-0.39, 0.29) is 11.5 Å². The summed E-state index contributed by atoms with van der Waals surface area (Å²) in [6.07, 6.45) is 2.35. The van der Waals surface area contributed by atoms with Crippen LogP contribution in [0.25, 0.3) is 10.9 Å². The number of allylic oxidation sites excluding steroid dienone is 1. The summed E-state index contributed by atoms with van der Waals surface area (Å²) in [7, 11) is 0. The average Bonchev–Trinajstić information content (AvgIpc) is 2.81. The Kier molecular flexibility index (Phi) is 6.65. The van der Waals surface area contributed by atoms with Gasteiger partial charge < -0.3 is 19.4 Å². The Labute approximate surface area is 197 Å². The number of nitrogens with one attached hydrogen (secondary N) is 1. The Morgan fingerprint density at radius 2 is 1.85 bits per heavy atom. The Hall–Kier alpha value is -3.39. The fraction of sp³-hybridized carbons (Fsp3) is 0.320. The molecule has 0 aliphatic carbocycles. The van der Waals surface area contributed by atoms with E-state index in [0.717, 1.165) is 23.3 Å². The number of amides is 1. The molecular formula is C25H27N3O4S. The van der Waals surface area contributed by atoms with Gasteiger partial charge in [0.05, 0.1) is 24.1 Å². The molecule has 2 aromatic carbocycles. The van der Waals surface area contributed by atoms with Gasteiger partial charge in [0.25, 0.3) is 11.5 Å². The second kappa shape index (κ2) is 9.62. The van der Waals surface area contributed by atoms with E-state index in [4.69, 9.17) is 21.7 Å². The van der Waals surface area contributed by atoms with Gasteiger partial charge in [-0.1, -0.05) is 6.08 Å². The largest absolute Gasteiger partial charge is 0.490 e. The SMILES string of the molecule is C=CCn1c(=S)[nH]c2cc(C(=O)N3CCc4cc(OCC)c(OCC)cc4C3)ccc2c1=O. The van der Waals surface area contributed by atoms with Crippen LogP contribution in [0.1, 0.15) is 35.3 Å². The maximum absolute atomic E-state index is 13.3. The number of H-pyrrole nitrogens is 1. The maximum atomic E-state index is 13.3. The quantitative estimate of drug-likeness (QED) is 0.417. The van der Waals surface area contributed by atoms with Gasteiger partial charge in [0.1, 0.15) is 0 Å². The monoisotopic (exact) mass is 465 g/mol. The van der Waals surface area contributed by atoms with Gasteiger partial charge in [-0.2, -0.15) is 0 Å². The van der Waals surface area contributed by atoms with Crippen molar-refractivity contribution in [2.45, 2.75) is 33.4 Å². The molecule has 1 N–H and O–H groups in total. The number of ether oxygens (including phenoxy) is 2. The van der Waals surface area contributed by atoms with Crippen LogP contribution >= 0.6 is 12.2 Å². The minimum Gasteiger partial charge on any atom is -0.490 e. The minimum atomic E-state index is -0.201. The number of hydrogen-bond donors (Lipinski definition) is 1. The third kappa shape index (κ3) is 4.43. The molecule has 0 bridgehead atoms. The summed E-state index contributed by atoms with van der Waals surface area (Å²) in [6.45, 7) is 10.0. The highest BCUT2D eigenvalue weighted by atomic mass is 32.1. The maximum Gasteiger partial charge on any atom is 0.262 e. The highest BCUT2D eigenvalue weighted by molar-refractivity contribution is 7.71. The lowest BCUT2D eigenvalue weighted by Crippen LogP contribution is -2.36. The zero-order valence-corrected chi connectivity index (χ0v) is 19.7. The van der Waals surface area contributed by atoms with Gasteiger partial charge in [0.2, 0.25) is 0 Å². The number of nitrogens with zero attached hydrogens (tertiary/aromatic N) is 2. The summed E-state index contributed by atoms with van der Waals surface area (Å²) in [6, 6.07) is 9.07. The standard InChI is InChI=1S/C25H27N3O4S/c1-4-10-28-24(30)19-8-7-17(12-20(19)26-25(28)33)23(29)27-11-9-16-13-21(31-5-2)22(32-6-3)14-18(16)15-27/h4,7-8,12-14H,1,5-6,9-11,15H2,2-3H3,(H,26,33). The predicted molar refractivity (Wildman–Crippen MR) is 131 cm³/mol. The van der Waals surface area contributed by atoms with E-state index >= 15 is 0 Å². The molecule has 0 fully saturated rings. The first-order chi connectivity index (χ1) is 16.0. The summed E-state index contributed by atoms with van der Waals surface area (Å²) in [5.74, 6) is 1.34. The van der Waals surface area contributed by atoms with E-state index < -0.39 is 0 Å². The van der Waals surface area contributed by atoms with Gasteiger partial charge in [-0.15, -0.1) is 6.58 Å². The molecule has 0 saturated carbocycles. The van der Waals surface area contributed by atoms with Gasteiger partial charge in [0.15, 0.2) is 16.3 Å². The van der Waals surface area contributed by atoms with E-state index in [0.29, 0.717) is 59.8 Å². The highest BCUT2D eigenvalue weighted by Gasteiger charge is 2.24. The van der Waals surface area contributed by atoms with Gasteiger partial charge in [0, 0.05) is 25.2 Å². The average molecular weight is 466 g/mol. The van der Waals surface area contributed by atoms with Crippen LogP contribution in [-0.4, -0.2) is 40.1 Å². The van der Waals surface area contributed by atoms with Crippen molar-refractivity contribution in [3.8, 4) is 11.5 Å². The van der Waals surface area contributed by atoms with Crippen LogP contribution in [0.15, 0.2) is 47.8 Å². The van der Waals surface area contributed by atoms with Gasteiger partial charge in [-0.05, 0) is 73.9 Å². The fourth-order valence-corrected chi connectivity index (χ4v) is 4.41. The van der Waals surface area contributed by atoms with Crippen molar-refractivity contribution in [1.82, 2.24) is 14.5 Å². The molecule has 33 heavy (non-hydrogen) atoms. The number of rotatable bonds is 7. The van der Waals surface area contributed by atoms with E-state index in [9.17, 15) is 9.59 Å². The molecule has 0 saturated heterocycles. The number of hydrogen-bond acceptors (Lipinski definition) is 5. The number of aromatic nitrogens is 2. The van der Waals surface area contributed by atoms with Crippen molar-refractivity contribution < 1.29 is 14.3 Å². The zero-order valence-electron chi connectivity index (χ0n) is 18.8. The van der Waals surface area contributed by atoms with Crippen LogP contribution in [0.5, 0.6) is 11.5 Å². The number of carbonyl (C=O) groups is 1. The van der Waals surface area contributed by atoms with Crippen LogP contribution in [0, 0.1) is 4.77 Å². The third-order valence-corrected chi connectivity index (χ3v) is 6.03. The first-order valence-electron chi connectivity index (χ1n) is 11.0. The van der Waals surface area contributed by atoms with Crippen LogP contribution in [0.4, 0.5) is 0 Å². The highest BCUT2D eigenvalue weighted by Crippen LogP contribution is 2.34. The summed E-state index contributed by atoms with van der Waals surface area (Å²) >= 11 is 5.32. The summed E-state index contributed by atoms with van der Waals surface area (Å²) in [5, 5.41) is 0.482. The van der Waals surface area contributed by atoms with E-state index in [1.807, 2.05) is 30.9 Å². The molecule has 2 heterocycles. The van der Waals surface area contributed by atoms with E-state index in [1.54, 1.807) is 24.3 Å². The van der Waals surface area contributed by atoms with Crippen molar-refractivity contribution >= 4 is 29.0 Å². The second-order valence-electron chi connectivity index (χ2n) is 7.81. The normalized spacial score (nSPS) is 13.0. The predicted octanol–water partition coefficient (Wildman–Crippen LogP) is 4.24. The molecule has 1 aromatic heterocycles. The lowest BCUT2D eigenvalue weighted by atomic mass is 9.98. The Morgan fingerprint density at radius 1 is 1.15 bits per heavy atom. The Balaban J connectivity index is 1.63. The first-order valence-corrected chi connectivity index (χ1v) is 11.5. The van der Waals surface area contributed by atoms with E-state index in [1.165, 1.54) is 4.57 Å². The third-order valence-electron chi connectivity index (χ3n) is 5.71. The Bertz CT molecular complexity index is 1340. The molecule has 0 spiro atoms. The van der Waals surface area contributed by atoms with Crippen molar-refractivity contribution in [2.24, 2.45) is 0 Å². The van der Waals surface area contributed by atoms with Crippen LogP contribution in [0.2, 0.25) is 0 Å². The first kappa shape index (κ1) is 22.8. The van der Waals surface area contributed by atoms with Crippen molar-refractivity contribution in [3.05, 3.63) is 74.8 Å². The van der Waals surface area contributed by atoms with Gasteiger partial charge in [-0.3, -0.25) is 14.2 Å². The smallest absolute Gasteiger partial charge is 0.262 e. The number of benzene rings is 2. The molecule has 0 unspecified atom stereocenters. The van der Waals surface area contributed by atoms with Crippen LogP contribution in [0.3, 0.4) is 0 Å².